The van der Waals surface area contributed by atoms with E-state index in [0.29, 0.717) is 0 Å². The minimum absolute atomic E-state index is 0.491. The number of anilines is 3. The maximum Gasteiger partial charge on any atom is 0.152 e. The average molecular weight is 833 g/mol. The molecule has 0 atom stereocenters. The molecule has 0 saturated carbocycles. The van der Waals surface area contributed by atoms with Gasteiger partial charge in [0.15, 0.2) is 11.5 Å². The number of nitrogens with zero attached hydrogens (tertiary/aromatic N) is 2. The zero-order valence-electron chi connectivity index (χ0n) is 36.0. The Hall–Kier alpha value is -8.40. The molecule has 0 amide bonds. The van der Waals surface area contributed by atoms with Crippen LogP contribution in [-0.2, 0) is 5.41 Å². The monoisotopic (exact) mass is 832 g/mol. The first-order valence-electron chi connectivity index (χ1n) is 22.3. The number of fused-ring (bicyclic) bond motifs is 5. The van der Waals surface area contributed by atoms with E-state index < -0.39 is 5.41 Å². The second-order valence-corrected chi connectivity index (χ2v) is 16.9. The Bertz CT molecular complexity index is 3430. The van der Waals surface area contributed by atoms with Crippen molar-refractivity contribution in [2.45, 2.75) is 12.3 Å². The summed E-state index contributed by atoms with van der Waals surface area (Å²) in [5, 5.41) is 1.13. The molecule has 1 aromatic heterocycles. The standard InChI is InChI=1S/C62H44N2O/c1-3-51-54-28-18-32-60-61(54)64(57-30-15-16-31-59(57)65-60)58(51)39-42(2)44-19-17-20-45(40-44)43-33-35-49(36-34-43)63(48-25-11-6-12-26-48)50-37-38-53-52-27-13-14-29-55(52)62(56(53)41-50,46-21-7-4-8-22-46)47-23-9-5-10-24-47/h3-41H,1H2,2H3/b42-39+. The van der Waals surface area contributed by atoms with Crippen molar-refractivity contribution >= 4 is 45.7 Å². The number of para-hydroxylation sites is 4. The maximum absolute atomic E-state index is 6.38. The summed E-state index contributed by atoms with van der Waals surface area (Å²) in [6, 6.07) is 81.1. The molecule has 0 saturated heterocycles. The van der Waals surface area contributed by atoms with Crippen molar-refractivity contribution in [3.05, 3.63) is 270 Å². The zero-order valence-corrected chi connectivity index (χ0v) is 36.0. The third-order valence-corrected chi connectivity index (χ3v) is 13.4. The van der Waals surface area contributed by atoms with E-state index in [0.717, 1.165) is 78.7 Å². The average Bonchev–Trinajstić information content (AvgIpc) is 3.85. The van der Waals surface area contributed by atoms with Gasteiger partial charge >= 0.3 is 0 Å². The van der Waals surface area contributed by atoms with Crippen LogP contribution in [-0.4, -0.2) is 4.57 Å². The van der Waals surface area contributed by atoms with E-state index in [-0.39, 0.29) is 0 Å². The molecule has 1 aliphatic heterocycles. The van der Waals surface area contributed by atoms with Crippen LogP contribution in [0, 0.1) is 0 Å². The first kappa shape index (κ1) is 38.3. The lowest BCUT2D eigenvalue weighted by molar-refractivity contribution is 0.475. The minimum Gasteiger partial charge on any atom is -0.453 e. The van der Waals surface area contributed by atoms with Crippen molar-refractivity contribution in [3.63, 3.8) is 0 Å². The van der Waals surface area contributed by atoms with Crippen molar-refractivity contribution in [2.75, 3.05) is 4.90 Å². The van der Waals surface area contributed by atoms with Crippen molar-refractivity contribution in [1.82, 2.24) is 4.57 Å². The maximum atomic E-state index is 6.38. The molecule has 0 fully saturated rings. The fourth-order valence-corrected chi connectivity index (χ4v) is 10.5. The molecular weight excluding hydrogens is 789 g/mol. The van der Waals surface area contributed by atoms with E-state index in [1.807, 2.05) is 24.3 Å². The summed E-state index contributed by atoms with van der Waals surface area (Å²) in [6.45, 7) is 6.45. The second kappa shape index (κ2) is 15.4. The number of rotatable bonds is 9. The van der Waals surface area contributed by atoms with Crippen LogP contribution in [0.25, 0.3) is 56.6 Å². The minimum atomic E-state index is -0.491. The summed E-state index contributed by atoms with van der Waals surface area (Å²) in [5.41, 5.74) is 19.3. The van der Waals surface area contributed by atoms with Crippen molar-refractivity contribution < 1.29 is 4.74 Å². The Morgan fingerprint density at radius 2 is 1.14 bits per heavy atom. The highest BCUT2D eigenvalue weighted by Crippen LogP contribution is 2.57. The highest BCUT2D eigenvalue weighted by molar-refractivity contribution is 6.01. The van der Waals surface area contributed by atoms with E-state index in [2.05, 4.69) is 235 Å². The Kier molecular flexibility index (Phi) is 9.10. The lowest BCUT2D eigenvalue weighted by Gasteiger charge is -2.35. The smallest absolute Gasteiger partial charge is 0.152 e. The van der Waals surface area contributed by atoms with Gasteiger partial charge in [-0.3, -0.25) is 0 Å². The molecule has 3 heteroatoms. The molecule has 0 bridgehead atoms. The Balaban J connectivity index is 0.942. The number of benzene rings is 9. The molecular formula is C62H44N2O. The van der Waals surface area contributed by atoms with E-state index >= 15 is 0 Å². The lowest BCUT2D eigenvalue weighted by Crippen LogP contribution is -2.28. The first-order valence-corrected chi connectivity index (χ1v) is 22.3. The van der Waals surface area contributed by atoms with Crippen molar-refractivity contribution in [1.29, 1.82) is 0 Å². The summed E-state index contributed by atoms with van der Waals surface area (Å²) in [5.74, 6) is 1.70. The molecule has 2 heterocycles. The van der Waals surface area contributed by atoms with Gasteiger partial charge in [0.25, 0.3) is 0 Å². The van der Waals surface area contributed by atoms with Crippen LogP contribution in [0.15, 0.2) is 231 Å². The molecule has 0 N–H and O–H groups in total. The van der Waals surface area contributed by atoms with Gasteiger partial charge in [-0.05, 0) is 129 Å². The molecule has 65 heavy (non-hydrogen) atoms. The molecule has 0 unspecified atom stereocenters. The number of ether oxygens (including phenoxy) is 1. The predicted molar refractivity (Wildman–Crippen MR) is 271 cm³/mol. The van der Waals surface area contributed by atoms with Crippen LogP contribution in [0.1, 0.15) is 46.0 Å². The first-order chi connectivity index (χ1) is 32.1. The summed E-state index contributed by atoms with van der Waals surface area (Å²) in [7, 11) is 0. The largest absolute Gasteiger partial charge is 0.453 e. The number of hydrogen-bond acceptors (Lipinski definition) is 2. The molecule has 0 spiro atoms. The number of hydrogen-bond donors (Lipinski definition) is 0. The van der Waals surface area contributed by atoms with Gasteiger partial charge in [-0.2, -0.15) is 0 Å². The third kappa shape index (κ3) is 6.04. The fourth-order valence-electron chi connectivity index (χ4n) is 10.5. The van der Waals surface area contributed by atoms with Gasteiger partial charge in [0.2, 0.25) is 0 Å². The third-order valence-electron chi connectivity index (χ3n) is 13.4. The van der Waals surface area contributed by atoms with Crippen LogP contribution in [0.2, 0.25) is 0 Å². The second-order valence-electron chi connectivity index (χ2n) is 16.9. The van der Waals surface area contributed by atoms with Gasteiger partial charge < -0.3 is 14.2 Å². The zero-order chi connectivity index (χ0) is 43.5. The quantitative estimate of drug-likeness (QED) is 0.144. The van der Waals surface area contributed by atoms with Crippen LogP contribution >= 0.6 is 0 Å². The van der Waals surface area contributed by atoms with Gasteiger partial charge in [0.1, 0.15) is 0 Å². The summed E-state index contributed by atoms with van der Waals surface area (Å²) >= 11 is 0. The Labute approximate surface area is 380 Å². The van der Waals surface area contributed by atoms with Gasteiger partial charge in [-0.15, -0.1) is 0 Å². The molecule has 2 aliphatic rings. The highest BCUT2D eigenvalue weighted by atomic mass is 16.5. The van der Waals surface area contributed by atoms with Gasteiger partial charge in [-0.25, -0.2) is 0 Å². The Morgan fingerprint density at radius 3 is 1.89 bits per heavy atom. The van der Waals surface area contributed by atoms with E-state index in [1.54, 1.807) is 0 Å². The van der Waals surface area contributed by atoms with Crippen molar-refractivity contribution in [2.24, 2.45) is 0 Å². The SMILES string of the molecule is C=Cc1c(/C=C(\C)c2cccc(-c3ccc(N(c4ccccc4)c4ccc5c(c4)C(c4ccccc4)(c4ccccc4)c4ccccc4-5)cc3)c2)n2c3c(cccc13)Oc1ccccc1-2. The predicted octanol–water partition coefficient (Wildman–Crippen LogP) is 16.4. The topological polar surface area (TPSA) is 17.4 Å². The molecule has 3 nitrogen and oxygen atoms in total. The molecule has 10 aromatic rings. The van der Waals surface area contributed by atoms with E-state index in [4.69, 9.17) is 4.74 Å². The van der Waals surface area contributed by atoms with E-state index in [9.17, 15) is 0 Å². The van der Waals surface area contributed by atoms with Gasteiger partial charge in [0.05, 0.1) is 22.3 Å². The fraction of sp³-hybridized carbons (Fsp3) is 0.0323. The van der Waals surface area contributed by atoms with Crippen molar-refractivity contribution in [3.8, 4) is 39.4 Å². The molecule has 9 aromatic carbocycles. The lowest BCUT2D eigenvalue weighted by atomic mass is 9.67. The molecule has 0 radical (unpaired) electrons. The molecule has 308 valence electrons. The highest BCUT2D eigenvalue weighted by Gasteiger charge is 2.46. The van der Waals surface area contributed by atoms with Crippen LogP contribution in [0.3, 0.4) is 0 Å². The molecule has 12 rings (SSSR count). The van der Waals surface area contributed by atoms with Crippen LogP contribution in [0.4, 0.5) is 17.1 Å². The van der Waals surface area contributed by atoms with E-state index in [1.165, 1.54) is 33.4 Å². The van der Waals surface area contributed by atoms with Crippen LogP contribution in [0.5, 0.6) is 11.5 Å². The number of allylic oxidation sites excluding steroid dienone is 1. The molecule has 1 aliphatic carbocycles. The van der Waals surface area contributed by atoms with Gasteiger partial charge in [0, 0.05) is 28.0 Å². The summed E-state index contributed by atoms with van der Waals surface area (Å²) in [4.78, 5) is 2.39. The van der Waals surface area contributed by atoms with Crippen LogP contribution < -0.4 is 9.64 Å². The summed E-state index contributed by atoms with van der Waals surface area (Å²) < 4.78 is 8.71. The normalized spacial score (nSPS) is 13.1. The number of aromatic nitrogens is 1. The van der Waals surface area contributed by atoms with Gasteiger partial charge in [-0.1, -0.05) is 176 Å². The summed E-state index contributed by atoms with van der Waals surface area (Å²) in [6.07, 6.45) is 4.26. The Morgan fingerprint density at radius 1 is 0.523 bits per heavy atom.